The Labute approximate surface area is 102 Å². The Morgan fingerprint density at radius 1 is 1.62 bits per heavy atom. The van der Waals surface area contributed by atoms with E-state index in [9.17, 15) is 9.59 Å². The number of hydrogen-bond acceptors (Lipinski definition) is 3. The van der Waals surface area contributed by atoms with Gasteiger partial charge in [0.2, 0.25) is 5.91 Å². The fourth-order valence-corrected chi connectivity index (χ4v) is 1.79. The molecule has 0 spiro atoms. The number of ether oxygens (including phenoxy) is 1. The molecule has 1 saturated heterocycles. The fraction of sp³-hybridized carbons (Fsp3) is 0.600. The van der Waals surface area contributed by atoms with Gasteiger partial charge in [-0.15, -0.1) is 0 Å². The summed E-state index contributed by atoms with van der Waals surface area (Å²) in [4.78, 5) is 22.5. The average Bonchev–Trinajstić information content (AvgIpc) is 2.68. The summed E-state index contributed by atoms with van der Waals surface area (Å²) in [6, 6.07) is -0.955. The minimum atomic E-state index is -1.08. The second kappa shape index (κ2) is 6.00. The molecular weight excluding hydrogens is 278 g/mol. The number of hydrogen-bond donors (Lipinski definition) is 2. The number of carbonyl (C=O) groups excluding carboxylic acids is 1. The largest absolute Gasteiger partial charge is 0.480 e. The monoisotopic (exact) mass is 291 g/mol. The predicted octanol–water partition coefficient (Wildman–Crippen LogP) is 1.03. The van der Waals surface area contributed by atoms with E-state index in [1.165, 1.54) is 0 Å². The fourth-order valence-electron chi connectivity index (χ4n) is 1.47. The van der Waals surface area contributed by atoms with Crippen LogP contribution in [0.5, 0.6) is 0 Å². The minimum absolute atomic E-state index is 0.161. The van der Waals surface area contributed by atoms with E-state index >= 15 is 0 Å². The summed E-state index contributed by atoms with van der Waals surface area (Å²) in [7, 11) is 0. The molecule has 1 rings (SSSR count). The summed E-state index contributed by atoms with van der Waals surface area (Å²) in [6.45, 7) is 4.11. The lowest BCUT2D eigenvalue weighted by Gasteiger charge is -2.16. The second-order valence-electron chi connectivity index (χ2n) is 3.62. The maximum absolute atomic E-state index is 11.6. The van der Waals surface area contributed by atoms with Gasteiger partial charge in [0.1, 0.15) is 12.1 Å². The van der Waals surface area contributed by atoms with Gasteiger partial charge >= 0.3 is 5.97 Å². The number of rotatable bonds is 5. The molecule has 1 aliphatic heterocycles. The molecule has 0 bridgehead atoms. The van der Waals surface area contributed by atoms with Gasteiger partial charge in [0.05, 0.1) is 0 Å². The van der Waals surface area contributed by atoms with Crippen LogP contribution in [0.4, 0.5) is 0 Å². The van der Waals surface area contributed by atoms with Crippen LogP contribution < -0.4 is 5.32 Å². The van der Waals surface area contributed by atoms with Gasteiger partial charge in [-0.2, -0.15) is 0 Å². The zero-order chi connectivity index (χ0) is 12.1. The maximum Gasteiger partial charge on any atom is 0.326 e. The molecule has 90 valence electrons. The third-order valence-corrected chi connectivity index (χ3v) is 2.59. The predicted molar refractivity (Wildman–Crippen MR) is 61.2 cm³/mol. The van der Waals surface area contributed by atoms with Crippen LogP contribution in [0.15, 0.2) is 11.1 Å². The van der Waals surface area contributed by atoms with Gasteiger partial charge in [0.25, 0.3) is 0 Å². The van der Waals surface area contributed by atoms with E-state index in [1.54, 1.807) is 0 Å². The molecule has 1 aliphatic rings. The van der Waals surface area contributed by atoms with Crippen LogP contribution in [0.3, 0.4) is 0 Å². The molecule has 6 heteroatoms. The highest BCUT2D eigenvalue weighted by Gasteiger charge is 2.28. The van der Waals surface area contributed by atoms with Crippen molar-refractivity contribution in [2.45, 2.75) is 31.4 Å². The molecule has 0 aliphatic carbocycles. The third kappa shape index (κ3) is 3.94. The first-order valence-electron chi connectivity index (χ1n) is 4.98. The summed E-state index contributed by atoms with van der Waals surface area (Å²) in [6.07, 6.45) is 1.13. The first-order valence-corrected chi connectivity index (χ1v) is 5.78. The molecular formula is C10H14BrNO4. The normalized spacial score (nSPS) is 21.4. The van der Waals surface area contributed by atoms with E-state index < -0.39 is 18.1 Å². The average molecular weight is 292 g/mol. The number of carboxylic acid groups (broad SMARTS) is 1. The van der Waals surface area contributed by atoms with Crippen molar-refractivity contribution in [3.05, 3.63) is 11.1 Å². The number of carbonyl (C=O) groups is 2. The maximum atomic E-state index is 11.6. The Hall–Kier alpha value is -0.880. The molecule has 0 saturated carbocycles. The quantitative estimate of drug-likeness (QED) is 0.793. The van der Waals surface area contributed by atoms with Gasteiger partial charge in [-0.3, -0.25) is 4.79 Å². The molecule has 0 aromatic heterocycles. The van der Waals surface area contributed by atoms with E-state index in [4.69, 9.17) is 9.84 Å². The zero-order valence-electron chi connectivity index (χ0n) is 8.74. The van der Waals surface area contributed by atoms with E-state index in [2.05, 4.69) is 27.8 Å². The molecule has 2 atom stereocenters. The van der Waals surface area contributed by atoms with Crippen molar-refractivity contribution in [1.29, 1.82) is 0 Å². The zero-order valence-corrected chi connectivity index (χ0v) is 10.3. The minimum Gasteiger partial charge on any atom is -0.480 e. The molecule has 2 N–H and O–H groups in total. The van der Waals surface area contributed by atoms with Crippen LogP contribution >= 0.6 is 15.9 Å². The number of carboxylic acids is 1. The van der Waals surface area contributed by atoms with Crippen LogP contribution in [0.25, 0.3) is 0 Å². The lowest BCUT2D eigenvalue weighted by atomic mass is 10.1. The van der Waals surface area contributed by atoms with Gasteiger partial charge in [0.15, 0.2) is 0 Å². The van der Waals surface area contributed by atoms with Gasteiger partial charge in [-0.05, 0) is 17.3 Å². The van der Waals surface area contributed by atoms with Crippen molar-refractivity contribution in [3.8, 4) is 0 Å². The van der Waals surface area contributed by atoms with Gasteiger partial charge in [-0.1, -0.05) is 22.5 Å². The van der Waals surface area contributed by atoms with Crippen molar-refractivity contribution in [3.63, 3.8) is 0 Å². The first-order chi connectivity index (χ1) is 7.50. The lowest BCUT2D eigenvalue weighted by molar-refractivity contribution is -0.143. The van der Waals surface area contributed by atoms with Crippen molar-refractivity contribution < 1.29 is 19.4 Å². The highest BCUT2D eigenvalue weighted by atomic mass is 79.9. The number of nitrogens with one attached hydrogen (secondary N) is 1. The van der Waals surface area contributed by atoms with Crippen LogP contribution in [0, 0.1) is 0 Å². The highest BCUT2D eigenvalue weighted by molar-refractivity contribution is 9.11. The Morgan fingerprint density at radius 2 is 2.31 bits per heavy atom. The van der Waals surface area contributed by atoms with E-state index in [0.717, 1.165) is 6.42 Å². The molecule has 0 unspecified atom stereocenters. The summed E-state index contributed by atoms with van der Waals surface area (Å²) >= 11 is 3.08. The van der Waals surface area contributed by atoms with Crippen LogP contribution in [-0.4, -0.2) is 35.7 Å². The highest BCUT2D eigenvalue weighted by Crippen LogP contribution is 2.14. The van der Waals surface area contributed by atoms with Crippen molar-refractivity contribution in [2.24, 2.45) is 0 Å². The molecule has 0 radical (unpaired) electrons. The molecule has 16 heavy (non-hydrogen) atoms. The topological polar surface area (TPSA) is 75.6 Å². The summed E-state index contributed by atoms with van der Waals surface area (Å²) in [5, 5.41) is 11.3. The van der Waals surface area contributed by atoms with Crippen LogP contribution in [0.2, 0.25) is 0 Å². The van der Waals surface area contributed by atoms with Gasteiger partial charge in [-0.25, -0.2) is 4.79 Å². The van der Waals surface area contributed by atoms with Crippen molar-refractivity contribution in [1.82, 2.24) is 5.32 Å². The Morgan fingerprint density at radius 3 is 2.75 bits per heavy atom. The molecule has 0 aromatic rings. The molecule has 5 nitrogen and oxygen atoms in total. The van der Waals surface area contributed by atoms with Crippen molar-refractivity contribution in [2.75, 3.05) is 6.61 Å². The number of halogens is 1. The smallest absolute Gasteiger partial charge is 0.326 e. The Kier molecular flexibility index (Phi) is 4.95. The molecule has 1 fully saturated rings. The molecule has 1 amide bonds. The standard InChI is InChI=1S/C10H14BrNO4/c1-6(11)5-7(10(14)15)12-9(13)8-3-2-4-16-8/h7-8H,1-5H2,(H,12,13)(H,14,15)/t7-,8+/m1/s1. The lowest BCUT2D eigenvalue weighted by Crippen LogP contribution is -2.45. The number of aliphatic carboxylic acids is 1. The molecule has 0 aromatic carbocycles. The first kappa shape index (κ1) is 13.2. The summed E-state index contributed by atoms with van der Waals surface area (Å²) in [5.41, 5.74) is 0. The van der Waals surface area contributed by atoms with Crippen molar-refractivity contribution >= 4 is 27.8 Å². The third-order valence-electron chi connectivity index (χ3n) is 2.26. The summed E-state index contributed by atoms with van der Waals surface area (Å²) < 4.78 is 5.70. The van der Waals surface area contributed by atoms with E-state index in [0.29, 0.717) is 17.5 Å². The number of amides is 1. The molecule has 1 heterocycles. The van der Waals surface area contributed by atoms with E-state index in [-0.39, 0.29) is 12.3 Å². The summed E-state index contributed by atoms with van der Waals surface area (Å²) in [5.74, 6) is -1.44. The van der Waals surface area contributed by atoms with E-state index in [1.807, 2.05) is 0 Å². The van der Waals surface area contributed by atoms with Gasteiger partial charge < -0.3 is 15.2 Å². The van der Waals surface area contributed by atoms with Gasteiger partial charge in [0, 0.05) is 13.0 Å². The SMILES string of the molecule is C=C(Br)C[C@@H](NC(=O)[C@@H]1CCCO1)C(=O)O. The second-order valence-corrected chi connectivity index (χ2v) is 4.74. The van der Waals surface area contributed by atoms with Crippen LogP contribution in [0.1, 0.15) is 19.3 Å². The Balaban J connectivity index is 2.50. The Bertz CT molecular complexity index is 299. The van der Waals surface area contributed by atoms with Crippen LogP contribution in [-0.2, 0) is 14.3 Å².